The van der Waals surface area contributed by atoms with E-state index in [0.29, 0.717) is 18.0 Å². The fourth-order valence-electron chi connectivity index (χ4n) is 2.20. The minimum atomic E-state index is -0.297. The van der Waals surface area contributed by atoms with Crippen molar-refractivity contribution in [3.63, 3.8) is 0 Å². The molecule has 1 aromatic rings. The Labute approximate surface area is 112 Å². The number of methoxy groups -OCH3 is 1. The monoisotopic (exact) mass is 263 g/mol. The number of hydrogen-bond donors (Lipinski definition) is 0. The number of rotatable bonds is 5. The SMILES string of the molecule is COc1ccccc1OCC(=O)N1CCCC1C=O. The van der Waals surface area contributed by atoms with Gasteiger partial charge in [0.1, 0.15) is 6.29 Å². The molecule has 1 aliphatic rings. The number of amides is 1. The lowest BCUT2D eigenvalue weighted by Gasteiger charge is -2.20. The maximum absolute atomic E-state index is 12.0. The van der Waals surface area contributed by atoms with E-state index in [0.717, 1.165) is 19.1 Å². The van der Waals surface area contributed by atoms with Gasteiger partial charge in [0.05, 0.1) is 13.2 Å². The van der Waals surface area contributed by atoms with Gasteiger partial charge in [-0.25, -0.2) is 0 Å². The van der Waals surface area contributed by atoms with E-state index in [4.69, 9.17) is 9.47 Å². The van der Waals surface area contributed by atoms with Crippen molar-refractivity contribution in [3.05, 3.63) is 24.3 Å². The van der Waals surface area contributed by atoms with E-state index in [-0.39, 0.29) is 18.6 Å². The van der Waals surface area contributed by atoms with Crippen LogP contribution in [0.2, 0.25) is 0 Å². The number of likely N-dealkylation sites (tertiary alicyclic amines) is 1. The van der Waals surface area contributed by atoms with E-state index in [1.165, 1.54) is 0 Å². The Morgan fingerprint density at radius 3 is 2.84 bits per heavy atom. The molecule has 19 heavy (non-hydrogen) atoms. The fraction of sp³-hybridized carbons (Fsp3) is 0.429. The average Bonchev–Trinajstić information content (AvgIpc) is 2.93. The van der Waals surface area contributed by atoms with Gasteiger partial charge in [-0.3, -0.25) is 4.79 Å². The molecular formula is C14H17NO4. The summed E-state index contributed by atoms with van der Waals surface area (Å²) in [6, 6.07) is 6.86. The van der Waals surface area contributed by atoms with Gasteiger partial charge < -0.3 is 19.2 Å². The molecule has 102 valence electrons. The predicted octanol–water partition coefficient (Wildman–Crippen LogP) is 1.26. The van der Waals surface area contributed by atoms with E-state index in [1.807, 2.05) is 12.1 Å². The smallest absolute Gasteiger partial charge is 0.261 e. The summed E-state index contributed by atoms with van der Waals surface area (Å²) in [5, 5.41) is 0. The van der Waals surface area contributed by atoms with E-state index in [1.54, 1.807) is 24.1 Å². The molecule has 1 amide bonds. The number of carbonyl (C=O) groups is 2. The first-order chi connectivity index (χ1) is 9.26. The highest BCUT2D eigenvalue weighted by atomic mass is 16.5. The van der Waals surface area contributed by atoms with Crippen LogP contribution in [0.15, 0.2) is 24.3 Å². The van der Waals surface area contributed by atoms with Crippen molar-refractivity contribution in [2.75, 3.05) is 20.3 Å². The van der Waals surface area contributed by atoms with E-state index < -0.39 is 0 Å². The van der Waals surface area contributed by atoms with Crippen LogP contribution in [0.4, 0.5) is 0 Å². The molecule has 5 nitrogen and oxygen atoms in total. The maximum atomic E-state index is 12.0. The molecule has 1 aliphatic heterocycles. The molecule has 0 radical (unpaired) electrons. The minimum Gasteiger partial charge on any atom is -0.493 e. The summed E-state index contributed by atoms with van der Waals surface area (Å²) in [5.41, 5.74) is 0. The zero-order valence-electron chi connectivity index (χ0n) is 10.9. The van der Waals surface area contributed by atoms with Crippen molar-refractivity contribution in [2.45, 2.75) is 18.9 Å². The molecule has 0 spiro atoms. The van der Waals surface area contributed by atoms with Gasteiger partial charge in [0.15, 0.2) is 18.1 Å². The molecule has 2 rings (SSSR count). The zero-order valence-corrected chi connectivity index (χ0v) is 10.9. The summed E-state index contributed by atoms with van der Waals surface area (Å²) >= 11 is 0. The van der Waals surface area contributed by atoms with Gasteiger partial charge in [-0.05, 0) is 25.0 Å². The van der Waals surface area contributed by atoms with Crippen LogP contribution in [0.25, 0.3) is 0 Å². The maximum Gasteiger partial charge on any atom is 0.261 e. The topological polar surface area (TPSA) is 55.8 Å². The standard InChI is InChI=1S/C14H17NO4/c1-18-12-6-2-3-7-13(12)19-10-14(17)15-8-4-5-11(15)9-16/h2-3,6-7,9,11H,4-5,8,10H2,1H3. The second-order valence-corrected chi connectivity index (χ2v) is 4.37. The highest BCUT2D eigenvalue weighted by Gasteiger charge is 2.28. The van der Waals surface area contributed by atoms with Crippen LogP contribution >= 0.6 is 0 Å². The highest BCUT2D eigenvalue weighted by Crippen LogP contribution is 2.26. The summed E-state index contributed by atoms with van der Waals surface area (Å²) in [5.74, 6) is 0.948. The Bertz CT molecular complexity index is 461. The Morgan fingerprint density at radius 2 is 2.16 bits per heavy atom. The third kappa shape index (κ3) is 3.05. The van der Waals surface area contributed by atoms with Crippen LogP contribution in [0.3, 0.4) is 0 Å². The first-order valence-electron chi connectivity index (χ1n) is 6.27. The molecule has 0 aromatic heterocycles. The van der Waals surface area contributed by atoms with Gasteiger partial charge in [0.25, 0.3) is 5.91 Å². The van der Waals surface area contributed by atoms with Gasteiger partial charge in [0, 0.05) is 6.54 Å². The van der Waals surface area contributed by atoms with Gasteiger partial charge >= 0.3 is 0 Å². The molecule has 1 atom stereocenters. The second-order valence-electron chi connectivity index (χ2n) is 4.37. The average molecular weight is 263 g/mol. The van der Waals surface area contributed by atoms with E-state index >= 15 is 0 Å². The van der Waals surface area contributed by atoms with Crippen LogP contribution in [0, 0.1) is 0 Å². The number of ether oxygens (including phenoxy) is 2. The molecule has 1 saturated heterocycles. The normalized spacial score (nSPS) is 18.2. The summed E-state index contributed by atoms with van der Waals surface area (Å²) in [6.45, 7) is 0.544. The van der Waals surface area contributed by atoms with E-state index in [2.05, 4.69) is 0 Å². The van der Waals surface area contributed by atoms with Crippen molar-refractivity contribution in [3.8, 4) is 11.5 Å². The first kappa shape index (κ1) is 13.4. The zero-order chi connectivity index (χ0) is 13.7. The van der Waals surface area contributed by atoms with Gasteiger partial charge in [0.2, 0.25) is 0 Å². The van der Waals surface area contributed by atoms with Crippen LogP contribution < -0.4 is 9.47 Å². The van der Waals surface area contributed by atoms with Crippen LogP contribution in [-0.2, 0) is 9.59 Å². The van der Waals surface area contributed by atoms with Crippen molar-refractivity contribution in [1.82, 2.24) is 4.90 Å². The summed E-state index contributed by atoms with van der Waals surface area (Å²) in [7, 11) is 1.55. The Morgan fingerprint density at radius 1 is 1.42 bits per heavy atom. The number of aldehydes is 1. The molecular weight excluding hydrogens is 246 g/mol. The van der Waals surface area contributed by atoms with Crippen molar-refractivity contribution in [1.29, 1.82) is 0 Å². The molecule has 0 aliphatic carbocycles. The number of nitrogens with zero attached hydrogens (tertiary/aromatic N) is 1. The third-order valence-electron chi connectivity index (χ3n) is 3.20. The van der Waals surface area contributed by atoms with Gasteiger partial charge in [-0.15, -0.1) is 0 Å². The van der Waals surface area contributed by atoms with Gasteiger partial charge in [-0.2, -0.15) is 0 Å². The molecule has 0 saturated carbocycles. The fourth-order valence-corrected chi connectivity index (χ4v) is 2.20. The first-order valence-corrected chi connectivity index (χ1v) is 6.27. The summed E-state index contributed by atoms with van der Waals surface area (Å²) < 4.78 is 10.6. The largest absolute Gasteiger partial charge is 0.493 e. The molecule has 1 heterocycles. The lowest BCUT2D eigenvalue weighted by atomic mass is 10.2. The van der Waals surface area contributed by atoms with Crippen molar-refractivity contribution < 1.29 is 19.1 Å². The Kier molecular flexibility index (Phi) is 4.39. The number of hydrogen-bond acceptors (Lipinski definition) is 4. The third-order valence-corrected chi connectivity index (χ3v) is 3.20. The number of carbonyl (C=O) groups excluding carboxylic acids is 2. The lowest BCUT2D eigenvalue weighted by molar-refractivity contribution is -0.136. The number of benzene rings is 1. The van der Waals surface area contributed by atoms with E-state index in [9.17, 15) is 9.59 Å². The Balaban J connectivity index is 1.95. The van der Waals surface area contributed by atoms with Crippen molar-refractivity contribution in [2.24, 2.45) is 0 Å². The summed E-state index contributed by atoms with van der Waals surface area (Å²) in [4.78, 5) is 24.4. The van der Waals surface area contributed by atoms with Crippen LogP contribution in [0.5, 0.6) is 11.5 Å². The molecule has 1 unspecified atom stereocenters. The minimum absolute atomic E-state index is 0.0787. The van der Waals surface area contributed by atoms with Gasteiger partial charge in [-0.1, -0.05) is 12.1 Å². The number of para-hydroxylation sites is 2. The lowest BCUT2D eigenvalue weighted by Crippen LogP contribution is -2.39. The molecule has 0 N–H and O–H groups in total. The predicted molar refractivity (Wildman–Crippen MR) is 69.3 cm³/mol. The molecule has 1 aromatic carbocycles. The molecule has 0 bridgehead atoms. The van der Waals surface area contributed by atoms with Crippen LogP contribution in [-0.4, -0.2) is 43.4 Å². The molecule has 1 fully saturated rings. The quantitative estimate of drug-likeness (QED) is 0.751. The Hall–Kier alpha value is -2.04. The molecule has 5 heteroatoms. The summed E-state index contributed by atoms with van der Waals surface area (Å²) in [6.07, 6.45) is 2.43. The highest BCUT2D eigenvalue weighted by molar-refractivity contribution is 5.81. The second kappa shape index (κ2) is 6.22. The van der Waals surface area contributed by atoms with Crippen LogP contribution in [0.1, 0.15) is 12.8 Å². The van der Waals surface area contributed by atoms with Crippen molar-refractivity contribution >= 4 is 12.2 Å².